The van der Waals surface area contributed by atoms with Gasteiger partial charge in [0.2, 0.25) is 0 Å². The van der Waals surface area contributed by atoms with Gasteiger partial charge in [0, 0.05) is 23.0 Å². The Bertz CT molecular complexity index is 724. The fraction of sp³-hybridized carbons (Fsp3) is 0.500. The Labute approximate surface area is 153 Å². The summed E-state index contributed by atoms with van der Waals surface area (Å²) in [6.45, 7) is 3.40. The van der Waals surface area contributed by atoms with Crippen molar-refractivity contribution in [2.24, 2.45) is 0 Å². The molecule has 1 saturated heterocycles. The monoisotopic (exact) mass is 387 g/mol. The number of halogens is 3. The van der Waals surface area contributed by atoms with E-state index in [-0.39, 0.29) is 18.6 Å². The van der Waals surface area contributed by atoms with E-state index < -0.39 is 11.7 Å². The maximum atomic E-state index is 12.7. The maximum absolute atomic E-state index is 12.7. The van der Waals surface area contributed by atoms with E-state index in [0.717, 1.165) is 22.7 Å². The van der Waals surface area contributed by atoms with Crippen LogP contribution in [0.5, 0.6) is 0 Å². The summed E-state index contributed by atoms with van der Waals surface area (Å²) in [4.78, 5) is 5.51. The van der Waals surface area contributed by atoms with Crippen molar-refractivity contribution >= 4 is 11.3 Å². The summed E-state index contributed by atoms with van der Waals surface area (Å²) < 4.78 is 49.4. The smallest absolute Gasteiger partial charge is 0.396 e. The topological polar surface area (TPSA) is 51.6 Å². The lowest BCUT2D eigenvalue weighted by Crippen LogP contribution is -2.34. The van der Waals surface area contributed by atoms with E-state index >= 15 is 0 Å². The molecule has 8 heteroatoms. The zero-order chi connectivity index (χ0) is 18.7. The van der Waals surface area contributed by atoms with Crippen molar-refractivity contribution in [2.45, 2.75) is 31.5 Å². The third-order valence-electron chi connectivity index (χ3n) is 4.36. The van der Waals surface area contributed by atoms with Crippen molar-refractivity contribution in [3.8, 4) is 10.6 Å². The molecule has 1 aliphatic heterocycles. The van der Waals surface area contributed by atoms with E-state index in [9.17, 15) is 18.3 Å². The van der Waals surface area contributed by atoms with Crippen LogP contribution in [0.1, 0.15) is 28.5 Å². The number of aromatic nitrogens is 1. The Kier molecular flexibility index (Phi) is 5.96. The highest BCUT2D eigenvalue weighted by atomic mass is 32.1. The first-order valence-electron chi connectivity index (χ1n) is 8.35. The quantitative estimate of drug-likeness (QED) is 0.842. The molecule has 4 nitrogen and oxygen atoms in total. The molecule has 142 valence electrons. The van der Waals surface area contributed by atoms with Gasteiger partial charge in [-0.15, -0.1) is 11.3 Å². The van der Waals surface area contributed by atoms with Gasteiger partial charge in [-0.3, -0.25) is 0 Å². The molecule has 2 aromatic rings. The summed E-state index contributed by atoms with van der Waals surface area (Å²) in [6.07, 6.45) is -3.99. The van der Waals surface area contributed by atoms with Crippen molar-refractivity contribution in [2.75, 3.05) is 26.4 Å². The van der Waals surface area contributed by atoms with Gasteiger partial charge in [-0.1, -0.05) is 12.1 Å². The molecule has 1 aromatic heterocycles. The molecular formula is C18H20F3NO3S. The standard InChI is InChI=1S/C18H20F3NO3S/c1-11-16(14(6-7-23)15-10-24-8-9-25-15)26-17(22-11)12-2-4-13(5-3-12)18(19,20)21/h2-5,14-15,23H,6-10H2,1H3. The van der Waals surface area contributed by atoms with Crippen LogP contribution in [0.2, 0.25) is 0 Å². The van der Waals surface area contributed by atoms with Crippen LogP contribution in [0.3, 0.4) is 0 Å². The highest BCUT2D eigenvalue weighted by Gasteiger charge is 2.31. The molecule has 2 unspecified atom stereocenters. The van der Waals surface area contributed by atoms with Crippen molar-refractivity contribution in [3.63, 3.8) is 0 Å². The molecule has 1 aromatic carbocycles. The van der Waals surface area contributed by atoms with Gasteiger partial charge >= 0.3 is 6.18 Å². The third kappa shape index (κ3) is 4.25. The highest BCUT2D eigenvalue weighted by molar-refractivity contribution is 7.15. The van der Waals surface area contributed by atoms with Gasteiger partial charge in [-0.2, -0.15) is 13.2 Å². The fourth-order valence-corrected chi connectivity index (χ4v) is 4.30. The zero-order valence-electron chi connectivity index (χ0n) is 14.3. The molecule has 0 bridgehead atoms. The minimum Gasteiger partial charge on any atom is -0.396 e. The van der Waals surface area contributed by atoms with Crippen LogP contribution in [-0.4, -0.2) is 42.6 Å². The number of rotatable bonds is 5. The highest BCUT2D eigenvalue weighted by Crippen LogP contribution is 2.38. The SMILES string of the molecule is Cc1nc(-c2ccc(C(F)(F)F)cc2)sc1C(CCO)C1COCCO1. The largest absolute Gasteiger partial charge is 0.416 e. The molecule has 0 amide bonds. The van der Waals surface area contributed by atoms with Crippen molar-refractivity contribution in [1.29, 1.82) is 0 Å². The van der Waals surface area contributed by atoms with Gasteiger partial charge in [0.15, 0.2) is 0 Å². The minimum atomic E-state index is -4.35. The molecule has 0 saturated carbocycles. The molecule has 3 rings (SSSR count). The van der Waals surface area contributed by atoms with Crippen molar-refractivity contribution in [3.05, 3.63) is 40.4 Å². The predicted molar refractivity (Wildman–Crippen MR) is 92.3 cm³/mol. The number of nitrogens with zero attached hydrogens (tertiary/aromatic N) is 1. The minimum absolute atomic E-state index is 0.0114. The average Bonchev–Trinajstić information content (AvgIpc) is 3.01. The normalized spacial score (nSPS) is 19.5. The van der Waals surface area contributed by atoms with E-state index in [0.29, 0.717) is 36.8 Å². The first-order valence-corrected chi connectivity index (χ1v) is 9.17. The summed E-state index contributed by atoms with van der Waals surface area (Å²) in [5.74, 6) is -0.0546. The molecule has 2 heterocycles. The number of thiazole rings is 1. The first-order chi connectivity index (χ1) is 12.4. The van der Waals surface area contributed by atoms with Crippen LogP contribution in [0.4, 0.5) is 13.2 Å². The van der Waals surface area contributed by atoms with Gasteiger partial charge < -0.3 is 14.6 Å². The molecule has 0 aliphatic carbocycles. The van der Waals surface area contributed by atoms with E-state index in [1.54, 1.807) is 0 Å². The number of hydrogen-bond donors (Lipinski definition) is 1. The molecule has 0 radical (unpaired) electrons. The summed E-state index contributed by atoms with van der Waals surface area (Å²) >= 11 is 1.43. The molecule has 1 aliphatic rings. The number of ether oxygens (including phenoxy) is 2. The third-order valence-corrected chi connectivity index (χ3v) is 5.70. The molecule has 0 spiro atoms. The Morgan fingerprint density at radius 2 is 2.00 bits per heavy atom. The van der Waals surface area contributed by atoms with Gasteiger partial charge in [0.05, 0.1) is 37.2 Å². The van der Waals surface area contributed by atoms with Gasteiger partial charge in [0.1, 0.15) is 5.01 Å². The van der Waals surface area contributed by atoms with Crippen LogP contribution in [0, 0.1) is 6.92 Å². The summed E-state index contributed by atoms with van der Waals surface area (Å²) in [7, 11) is 0. The molecule has 26 heavy (non-hydrogen) atoms. The van der Waals surface area contributed by atoms with E-state index in [1.165, 1.54) is 23.5 Å². The van der Waals surface area contributed by atoms with Gasteiger partial charge in [-0.05, 0) is 25.5 Å². The van der Waals surface area contributed by atoms with Gasteiger partial charge in [-0.25, -0.2) is 4.98 Å². The molecule has 1 fully saturated rings. The molecular weight excluding hydrogens is 367 g/mol. The Balaban J connectivity index is 1.87. The first kappa shape index (κ1) is 19.3. The molecule has 2 atom stereocenters. The maximum Gasteiger partial charge on any atom is 0.416 e. The summed E-state index contributed by atoms with van der Waals surface area (Å²) in [5, 5.41) is 10.1. The predicted octanol–water partition coefficient (Wildman–Crippen LogP) is 4.02. The number of aliphatic hydroxyl groups excluding tert-OH is 1. The van der Waals surface area contributed by atoms with Crippen LogP contribution in [0.25, 0.3) is 10.6 Å². The second-order valence-corrected chi connectivity index (χ2v) is 7.18. The van der Waals surface area contributed by atoms with Crippen LogP contribution in [0.15, 0.2) is 24.3 Å². The fourth-order valence-electron chi connectivity index (χ4n) is 3.04. The van der Waals surface area contributed by atoms with E-state index in [1.807, 2.05) is 6.92 Å². The van der Waals surface area contributed by atoms with Crippen molar-refractivity contribution < 1.29 is 27.8 Å². The summed E-state index contributed by atoms with van der Waals surface area (Å²) in [6, 6.07) is 5.00. The Morgan fingerprint density at radius 3 is 2.58 bits per heavy atom. The van der Waals surface area contributed by atoms with Crippen LogP contribution in [-0.2, 0) is 15.7 Å². The van der Waals surface area contributed by atoms with E-state index in [4.69, 9.17) is 9.47 Å². The number of hydrogen-bond acceptors (Lipinski definition) is 5. The second kappa shape index (κ2) is 8.04. The van der Waals surface area contributed by atoms with Crippen LogP contribution < -0.4 is 0 Å². The van der Waals surface area contributed by atoms with Gasteiger partial charge in [0.25, 0.3) is 0 Å². The average molecular weight is 387 g/mol. The van der Waals surface area contributed by atoms with Crippen LogP contribution >= 0.6 is 11.3 Å². The number of benzene rings is 1. The Morgan fingerprint density at radius 1 is 1.27 bits per heavy atom. The Hall–Kier alpha value is -1.48. The lowest BCUT2D eigenvalue weighted by molar-refractivity contribution is -0.137. The van der Waals surface area contributed by atoms with Crippen molar-refractivity contribution in [1.82, 2.24) is 4.98 Å². The number of alkyl halides is 3. The lowest BCUT2D eigenvalue weighted by atomic mass is 9.96. The molecule has 1 N–H and O–H groups in total. The number of aliphatic hydroxyl groups is 1. The zero-order valence-corrected chi connectivity index (χ0v) is 15.1. The number of aryl methyl sites for hydroxylation is 1. The summed E-state index contributed by atoms with van der Waals surface area (Å²) in [5.41, 5.74) is 0.763. The second-order valence-electron chi connectivity index (χ2n) is 6.15. The lowest BCUT2D eigenvalue weighted by Gasteiger charge is -2.29. The van der Waals surface area contributed by atoms with E-state index in [2.05, 4.69) is 4.98 Å².